The van der Waals surface area contributed by atoms with Crippen molar-refractivity contribution in [3.8, 4) is 11.4 Å². The summed E-state index contributed by atoms with van der Waals surface area (Å²) in [5, 5.41) is 12.9. The van der Waals surface area contributed by atoms with E-state index in [1.807, 2.05) is 34.9 Å². The number of carbonyl (C=O) groups is 1. The van der Waals surface area contributed by atoms with Crippen LogP contribution in [-0.2, 0) is 11.3 Å². The van der Waals surface area contributed by atoms with Crippen LogP contribution in [-0.4, -0.2) is 31.4 Å². The van der Waals surface area contributed by atoms with Gasteiger partial charge in [-0.3, -0.25) is 14.3 Å². The molecule has 0 aliphatic heterocycles. The molecule has 0 spiro atoms. The number of benzene rings is 2. The van der Waals surface area contributed by atoms with Crippen LogP contribution < -0.4 is 5.32 Å². The third-order valence-electron chi connectivity index (χ3n) is 4.30. The second kappa shape index (κ2) is 9.56. The van der Waals surface area contributed by atoms with Crippen LogP contribution in [0.15, 0.2) is 84.3 Å². The van der Waals surface area contributed by atoms with Gasteiger partial charge in [0, 0.05) is 28.7 Å². The lowest BCUT2D eigenvalue weighted by molar-refractivity contribution is -0.113. The first-order chi connectivity index (χ1) is 14.7. The number of anilines is 1. The van der Waals surface area contributed by atoms with Gasteiger partial charge in [-0.15, -0.1) is 10.2 Å². The van der Waals surface area contributed by atoms with Crippen molar-refractivity contribution in [2.24, 2.45) is 0 Å². The Morgan fingerprint density at radius 3 is 2.43 bits per heavy atom. The van der Waals surface area contributed by atoms with Gasteiger partial charge in [0.1, 0.15) is 0 Å². The fraction of sp³-hybridized carbons (Fsp3) is 0.0909. The van der Waals surface area contributed by atoms with E-state index >= 15 is 0 Å². The van der Waals surface area contributed by atoms with Crippen LogP contribution in [0.5, 0.6) is 0 Å². The van der Waals surface area contributed by atoms with E-state index < -0.39 is 0 Å². The van der Waals surface area contributed by atoms with Crippen LogP contribution in [0.3, 0.4) is 0 Å². The van der Waals surface area contributed by atoms with Gasteiger partial charge in [-0.1, -0.05) is 53.7 Å². The molecule has 0 radical (unpaired) electrons. The highest BCUT2D eigenvalue weighted by atomic mass is 35.5. The molecule has 1 N–H and O–H groups in total. The Labute approximate surface area is 183 Å². The molecule has 2 heterocycles. The van der Waals surface area contributed by atoms with Gasteiger partial charge >= 0.3 is 0 Å². The van der Waals surface area contributed by atoms with Crippen molar-refractivity contribution < 1.29 is 4.79 Å². The van der Waals surface area contributed by atoms with E-state index in [1.165, 1.54) is 11.8 Å². The zero-order chi connectivity index (χ0) is 20.8. The Hall–Kier alpha value is -3.16. The summed E-state index contributed by atoms with van der Waals surface area (Å²) in [6.07, 6.45) is 3.45. The van der Waals surface area contributed by atoms with Gasteiger partial charge < -0.3 is 5.32 Å². The fourth-order valence-corrected chi connectivity index (χ4v) is 3.74. The first-order valence-electron chi connectivity index (χ1n) is 9.25. The maximum atomic E-state index is 12.4. The molecule has 150 valence electrons. The highest BCUT2D eigenvalue weighted by Crippen LogP contribution is 2.25. The predicted octanol–water partition coefficient (Wildman–Crippen LogP) is 4.77. The van der Waals surface area contributed by atoms with Gasteiger partial charge in [0.15, 0.2) is 11.0 Å². The lowest BCUT2D eigenvalue weighted by Gasteiger charge is -2.10. The van der Waals surface area contributed by atoms with E-state index in [-0.39, 0.29) is 11.7 Å². The largest absolute Gasteiger partial charge is 0.325 e. The van der Waals surface area contributed by atoms with E-state index in [2.05, 4.69) is 32.6 Å². The van der Waals surface area contributed by atoms with Gasteiger partial charge in [0.25, 0.3) is 0 Å². The molecule has 0 fully saturated rings. The van der Waals surface area contributed by atoms with E-state index in [4.69, 9.17) is 11.6 Å². The highest BCUT2D eigenvalue weighted by molar-refractivity contribution is 7.99. The minimum atomic E-state index is -0.123. The molecule has 0 unspecified atom stereocenters. The molecule has 6 nitrogen and oxygen atoms in total. The SMILES string of the molecule is O=C(CSc1nnc(-c2ccncc2)n1Cc1ccccc1)Nc1ccc(Cl)cc1. The van der Waals surface area contributed by atoms with Gasteiger partial charge in [0.2, 0.25) is 5.91 Å². The smallest absolute Gasteiger partial charge is 0.234 e. The number of hydrogen-bond donors (Lipinski definition) is 1. The maximum absolute atomic E-state index is 12.4. The average Bonchev–Trinajstić information content (AvgIpc) is 3.17. The van der Waals surface area contributed by atoms with Gasteiger partial charge in [-0.25, -0.2) is 0 Å². The topological polar surface area (TPSA) is 72.7 Å². The van der Waals surface area contributed by atoms with E-state index in [1.54, 1.807) is 36.7 Å². The normalized spacial score (nSPS) is 10.7. The molecule has 2 aromatic carbocycles. The molecule has 0 saturated heterocycles. The number of pyridine rings is 1. The van der Waals surface area contributed by atoms with Crippen LogP contribution >= 0.6 is 23.4 Å². The Kier molecular flexibility index (Phi) is 6.41. The van der Waals surface area contributed by atoms with Gasteiger partial charge in [-0.2, -0.15) is 0 Å². The second-order valence-electron chi connectivity index (χ2n) is 6.46. The number of carbonyl (C=O) groups excluding carboxylic acids is 1. The van der Waals surface area contributed by atoms with Crippen molar-refractivity contribution in [2.75, 3.05) is 11.1 Å². The number of rotatable bonds is 7. The maximum Gasteiger partial charge on any atom is 0.234 e. The zero-order valence-electron chi connectivity index (χ0n) is 15.9. The van der Waals surface area contributed by atoms with Crippen molar-refractivity contribution in [1.29, 1.82) is 0 Å². The molecule has 4 aromatic rings. The van der Waals surface area contributed by atoms with E-state index in [0.29, 0.717) is 22.4 Å². The first kappa shape index (κ1) is 20.1. The summed E-state index contributed by atoms with van der Waals surface area (Å²) < 4.78 is 2.02. The molecule has 0 saturated carbocycles. The number of nitrogens with zero attached hydrogens (tertiary/aromatic N) is 4. The molecule has 8 heteroatoms. The standard InChI is InChI=1S/C22H18ClN5OS/c23-18-6-8-19(9-7-18)25-20(29)15-30-22-27-26-21(17-10-12-24-13-11-17)28(22)14-16-4-2-1-3-5-16/h1-13H,14-15H2,(H,25,29). The molecule has 0 aliphatic carbocycles. The van der Waals surface area contributed by atoms with Crippen LogP contribution in [0, 0.1) is 0 Å². The van der Waals surface area contributed by atoms with Crippen molar-refractivity contribution in [2.45, 2.75) is 11.7 Å². The van der Waals surface area contributed by atoms with Crippen LogP contribution in [0.25, 0.3) is 11.4 Å². The van der Waals surface area contributed by atoms with Crippen molar-refractivity contribution >= 4 is 35.0 Å². The summed E-state index contributed by atoms with van der Waals surface area (Å²) in [7, 11) is 0. The van der Waals surface area contributed by atoms with Crippen molar-refractivity contribution in [3.05, 3.63) is 89.7 Å². The van der Waals surface area contributed by atoms with Crippen LogP contribution in [0.2, 0.25) is 5.02 Å². The number of thioether (sulfide) groups is 1. The zero-order valence-corrected chi connectivity index (χ0v) is 17.5. The lowest BCUT2D eigenvalue weighted by atomic mass is 10.2. The van der Waals surface area contributed by atoms with E-state index in [0.717, 1.165) is 17.0 Å². The number of amides is 1. The molecule has 0 aliphatic rings. The highest BCUT2D eigenvalue weighted by Gasteiger charge is 2.16. The van der Waals surface area contributed by atoms with Crippen LogP contribution in [0.1, 0.15) is 5.56 Å². The summed E-state index contributed by atoms with van der Waals surface area (Å²) in [5.74, 6) is 0.829. The molecule has 4 rings (SSSR count). The summed E-state index contributed by atoms with van der Waals surface area (Å²) in [5.41, 5.74) is 2.75. The van der Waals surface area contributed by atoms with Crippen molar-refractivity contribution in [3.63, 3.8) is 0 Å². The first-order valence-corrected chi connectivity index (χ1v) is 10.6. The summed E-state index contributed by atoms with van der Waals surface area (Å²) >= 11 is 7.24. The molecule has 0 atom stereocenters. The quantitative estimate of drug-likeness (QED) is 0.423. The summed E-state index contributed by atoms with van der Waals surface area (Å²) in [4.78, 5) is 16.5. The summed E-state index contributed by atoms with van der Waals surface area (Å²) in [6.45, 7) is 0.604. The third kappa shape index (κ3) is 5.06. The molecule has 1 amide bonds. The molecule has 2 aromatic heterocycles. The number of aromatic nitrogens is 4. The number of hydrogen-bond acceptors (Lipinski definition) is 5. The molecule has 30 heavy (non-hydrogen) atoms. The van der Waals surface area contributed by atoms with E-state index in [9.17, 15) is 4.79 Å². The van der Waals surface area contributed by atoms with Gasteiger partial charge in [-0.05, 0) is 42.0 Å². The van der Waals surface area contributed by atoms with Crippen LogP contribution in [0.4, 0.5) is 5.69 Å². The predicted molar refractivity (Wildman–Crippen MR) is 120 cm³/mol. The third-order valence-corrected chi connectivity index (χ3v) is 5.52. The molecular weight excluding hydrogens is 418 g/mol. The number of halogens is 1. The Bertz CT molecular complexity index is 1120. The second-order valence-corrected chi connectivity index (χ2v) is 7.84. The minimum absolute atomic E-state index is 0.123. The molecule has 0 bridgehead atoms. The van der Waals surface area contributed by atoms with Gasteiger partial charge in [0.05, 0.1) is 12.3 Å². The Morgan fingerprint density at radius 1 is 0.967 bits per heavy atom. The number of nitrogens with one attached hydrogen (secondary N) is 1. The monoisotopic (exact) mass is 435 g/mol. The molecular formula is C22H18ClN5OS. The minimum Gasteiger partial charge on any atom is -0.325 e. The average molecular weight is 436 g/mol. The van der Waals surface area contributed by atoms with Crippen molar-refractivity contribution in [1.82, 2.24) is 19.7 Å². The lowest BCUT2D eigenvalue weighted by Crippen LogP contribution is -2.14. The summed E-state index contributed by atoms with van der Waals surface area (Å²) in [6, 6.07) is 20.9. The Balaban J connectivity index is 1.52. The fourth-order valence-electron chi connectivity index (χ4n) is 2.88. The Morgan fingerprint density at radius 2 is 1.70 bits per heavy atom.